The Hall–Kier alpha value is -2.44. The molecule has 0 aliphatic heterocycles. The molecule has 0 saturated heterocycles. The number of aromatic nitrogens is 2. The number of anilines is 1. The molecule has 5 nitrogen and oxygen atoms in total. The van der Waals surface area contributed by atoms with Gasteiger partial charge >= 0.3 is 0 Å². The topological polar surface area (TPSA) is 69.8 Å². The quantitative estimate of drug-likeness (QED) is 0.411. The minimum Gasteiger partial charge on any atom is -0.369 e. The summed E-state index contributed by atoms with van der Waals surface area (Å²) in [6.07, 6.45) is 4.67. The van der Waals surface area contributed by atoms with Crippen molar-refractivity contribution < 1.29 is 4.79 Å². The Morgan fingerprint density at radius 2 is 1.84 bits per heavy atom. The van der Waals surface area contributed by atoms with Gasteiger partial charge in [-0.2, -0.15) is 0 Å². The molecular formula is C24H27ClN4OS. The van der Waals surface area contributed by atoms with Crippen molar-refractivity contribution in [2.75, 3.05) is 18.4 Å². The zero-order chi connectivity index (χ0) is 21.6. The Morgan fingerprint density at radius 3 is 2.65 bits per heavy atom. The molecule has 3 N–H and O–H groups in total. The summed E-state index contributed by atoms with van der Waals surface area (Å²) in [6, 6.07) is 15.8. The van der Waals surface area contributed by atoms with Crippen molar-refractivity contribution in [2.45, 2.75) is 32.1 Å². The Balaban J connectivity index is 1.23. The summed E-state index contributed by atoms with van der Waals surface area (Å²) in [5.74, 6) is 1.64. The fourth-order valence-electron chi connectivity index (χ4n) is 4.27. The minimum atomic E-state index is 0.104. The standard InChI is InChI=1S/C24H27ClN4OS/c25-20-7-3-1-5-17(20)13-14-26-23(30)18-11-9-16(10-12-18)15-27-22-19-6-2-4-8-21(19)28-24(31)29-22/h1-8,16,18H,9-15H2,(H,26,30)(H2,27,28,29,31). The fourth-order valence-corrected chi connectivity index (χ4v) is 4.71. The number of hydrogen-bond donors (Lipinski definition) is 3. The molecule has 31 heavy (non-hydrogen) atoms. The third-order valence-electron chi connectivity index (χ3n) is 6.06. The molecule has 1 amide bonds. The highest BCUT2D eigenvalue weighted by Gasteiger charge is 2.26. The van der Waals surface area contributed by atoms with Gasteiger partial charge in [0.05, 0.1) is 5.52 Å². The van der Waals surface area contributed by atoms with Crippen molar-refractivity contribution in [3.63, 3.8) is 0 Å². The van der Waals surface area contributed by atoms with Gasteiger partial charge in [-0.3, -0.25) is 4.79 Å². The highest BCUT2D eigenvalue weighted by Crippen LogP contribution is 2.30. The molecule has 0 spiro atoms. The fraction of sp³-hybridized carbons (Fsp3) is 0.375. The zero-order valence-electron chi connectivity index (χ0n) is 17.4. The van der Waals surface area contributed by atoms with Crippen LogP contribution >= 0.6 is 23.8 Å². The molecule has 162 valence electrons. The zero-order valence-corrected chi connectivity index (χ0v) is 18.9. The van der Waals surface area contributed by atoms with Crippen molar-refractivity contribution in [3.05, 3.63) is 63.9 Å². The third-order valence-corrected chi connectivity index (χ3v) is 6.63. The van der Waals surface area contributed by atoms with Crippen molar-refractivity contribution in [1.29, 1.82) is 0 Å². The summed E-state index contributed by atoms with van der Waals surface area (Å²) in [6.45, 7) is 1.47. The Morgan fingerprint density at radius 1 is 1.10 bits per heavy atom. The van der Waals surface area contributed by atoms with Gasteiger partial charge in [0.1, 0.15) is 5.82 Å². The summed E-state index contributed by atoms with van der Waals surface area (Å²) in [4.78, 5) is 20.2. The van der Waals surface area contributed by atoms with E-state index in [4.69, 9.17) is 23.8 Å². The normalized spacial score (nSPS) is 18.6. The van der Waals surface area contributed by atoms with Crippen LogP contribution < -0.4 is 10.6 Å². The van der Waals surface area contributed by atoms with Crippen LogP contribution in [0.4, 0.5) is 5.82 Å². The Labute approximate surface area is 192 Å². The molecule has 1 aliphatic rings. The molecule has 0 radical (unpaired) electrons. The number of carbonyl (C=O) groups excluding carboxylic acids is 1. The van der Waals surface area contributed by atoms with Crippen LogP contribution in [0.1, 0.15) is 31.2 Å². The van der Waals surface area contributed by atoms with Crippen LogP contribution in [-0.4, -0.2) is 29.0 Å². The number of carbonyl (C=O) groups is 1. The molecule has 0 unspecified atom stereocenters. The van der Waals surface area contributed by atoms with Crippen molar-refractivity contribution in [3.8, 4) is 0 Å². The number of hydrogen-bond acceptors (Lipinski definition) is 4. The number of amides is 1. The SMILES string of the molecule is O=C(NCCc1ccccc1Cl)C1CCC(CNc2nc(=S)[nH]c3ccccc23)CC1. The van der Waals surface area contributed by atoms with E-state index in [0.29, 0.717) is 17.2 Å². The Bertz CT molecular complexity index is 1110. The van der Waals surface area contributed by atoms with E-state index in [0.717, 1.165) is 66.0 Å². The number of fused-ring (bicyclic) bond motifs is 1. The molecular weight excluding hydrogens is 428 g/mol. The summed E-state index contributed by atoms with van der Waals surface area (Å²) in [5.41, 5.74) is 2.06. The van der Waals surface area contributed by atoms with Gasteiger partial charge in [-0.15, -0.1) is 0 Å². The van der Waals surface area contributed by atoms with Gasteiger partial charge in [0, 0.05) is 29.4 Å². The van der Waals surface area contributed by atoms with E-state index < -0.39 is 0 Å². The summed E-state index contributed by atoms with van der Waals surface area (Å²) in [7, 11) is 0. The maximum atomic E-state index is 12.6. The number of nitrogens with one attached hydrogen (secondary N) is 3. The molecule has 1 saturated carbocycles. The van der Waals surface area contributed by atoms with Crippen LogP contribution in [-0.2, 0) is 11.2 Å². The van der Waals surface area contributed by atoms with E-state index in [9.17, 15) is 4.79 Å². The second-order valence-corrected chi connectivity index (χ2v) is 8.96. The smallest absolute Gasteiger partial charge is 0.223 e. The lowest BCUT2D eigenvalue weighted by Crippen LogP contribution is -2.35. The lowest BCUT2D eigenvalue weighted by molar-refractivity contribution is -0.126. The number of nitrogens with zero attached hydrogens (tertiary/aromatic N) is 1. The Kier molecular flexibility index (Phi) is 7.20. The van der Waals surface area contributed by atoms with E-state index in [1.165, 1.54) is 0 Å². The maximum absolute atomic E-state index is 12.6. The molecule has 3 aromatic rings. The number of benzene rings is 2. The molecule has 2 aromatic carbocycles. The van der Waals surface area contributed by atoms with Crippen molar-refractivity contribution in [2.24, 2.45) is 11.8 Å². The van der Waals surface area contributed by atoms with Crippen LogP contribution in [0, 0.1) is 16.6 Å². The molecule has 1 heterocycles. The molecule has 0 bridgehead atoms. The average Bonchev–Trinajstić information content (AvgIpc) is 2.79. The predicted octanol–water partition coefficient (Wildman–Crippen LogP) is 5.52. The van der Waals surface area contributed by atoms with E-state index in [1.54, 1.807) is 0 Å². The van der Waals surface area contributed by atoms with E-state index in [-0.39, 0.29) is 11.8 Å². The highest BCUT2D eigenvalue weighted by molar-refractivity contribution is 7.71. The lowest BCUT2D eigenvalue weighted by Gasteiger charge is -2.28. The van der Waals surface area contributed by atoms with E-state index in [2.05, 4.69) is 20.6 Å². The number of aromatic amines is 1. The number of halogens is 1. The lowest BCUT2D eigenvalue weighted by atomic mass is 9.81. The summed E-state index contributed by atoms with van der Waals surface area (Å²) < 4.78 is 0.485. The van der Waals surface area contributed by atoms with Gasteiger partial charge < -0.3 is 15.6 Å². The second kappa shape index (κ2) is 10.2. The maximum Gasteiger partial charge on any atom is 0.223 e. The summed E-state index contributed by atoms with van der Waals surface area (Å²) >= 11 is 11.4. The van der Waals surface area contributed by atoms with Crippen LogP contribution in [0.15, 0.2) is 48.5 Å². The van der Waals surface area contributed by atoms with Gasteiger partial charge in [-0.1, -0.05) is 41.9 Å². The first-order chi connectivity index (χ1) is 15.1. The van der Waals surface area contributed by atoms with Crippen molar-refractivity contribution in [1.82, 2.24) is 15.3 Å². The van der Waals surface area contributed by atoms with Crippen LogP contribution in [0.5, 0.6) is 0 Å². The number of para-hydroxylation sites is 1. The molecule has 1 aromatic heterocycles. The van der Waals surface area contributed by atoms with Crippen LogP contribution in [0.3, 0.4) is 0 Å². The van der Waals surface area contributed by atoms with Gasteiger partial charge in [-0.05, 0) is 74.0 Å². The van der Waals surface area contributed by atoms with E-state index in [1.807, 2.05) is 48.5 Å². The van der Waals surface area contributed by atoms with Gasteiger partial charge in [-0.25, -0.2) is 4.98 Å². The highest BCUT2D eigenvalue weighted by atomic mass is 35.5. The second-order valence-electron chi connectivity index (χ2n) is 8.17. The predicted molar refractivity (Wildman–Crippen MR) is 129 cm³/mol. The summed E-state index contributed by atoms with van der Waals surface area (Å²) in [5, 5.41) is 8.38. The van der Waals surface area contributed by atoms with E-state index >= 15 is 0 Å². The number of rotatable bonds is 7. The largest absolute Gasteiger partial charge is 0.369 e. The molecule has 0 atom stereocenters. The average molecular weight is 455 g/mol. The first-order valence-corrected chi connectivity index (χ1v) is 11.6. The van der Waals surface area contributed by atoms with Crippen LogP contribution in [0.25, 0.3) is 10.9 Å². The molecule has 1 fully saturated rings. The third kappa shape index (κ3) is 5.63. The van der Waals surface area contributed by atoms with Gasteiger partial charge in [0.2, 0.25) is 5.91 Å². The molecule has 7 heteroatoms. The van der Waals surface area contributed by atoms with Gasteiger partial charge in [0.25, 0.3) is 0 Å². The number of H-pyrrole nitrogens is 1. The minimum absolute atomic E-state index is 0.104. The monoisotopic (exact) mass is 454 g/mol. The van der Waals surface area contributed by atoms with Gasteiger partial charge in [0.15, 0.2) is 4.77 Å². The molecule has 4 rings (SSSR count). The van der Waals surface area contributed by atoms with Crippen LogP contribution in [0.2, 0.25) is 5.02 Å². The van der Waals surface area contributed by atoms with Crippen molar-refractivity contribution >= 4 is 46.4 Å². The first-order valence-electron chi connectivity index (χ1n) is 10.8. The molecule has 1 aliphatic carbocycles. The first kappa shape index (κ1) is 21.8.